The molecule has 3 N–H and O–H groups in total. The summed E-state index contributed by atoms with van der Waals surface area (Å²) in [6.45, 7) is 5.40. The van der Waals surface area contributed by atoms with Crippen LogP contribution in [-0.4, -0.2) is 81.9 Å². The Labute approximate surface area is 272 Å². The maximum absolute atomic E-state index is 13.4. The van der Waals surface area contributed by atoms with Crippen molar-refractivity contribution in [2.75, 3.05) is 41.3 Å². The first kappa shape index (κ1) is 32.5. The number of aliphatic hydroxyl groups excluding tert-OH is 1. The Morgan fingerprint density at radius 3 is 2.29 bits per heavy atom. The first-order valence-electron chi connectivity index (χ1n) is 15.2. The molecule has 2 atom stereocenters. The van der Waals surface area contributed by atoms with Gasteiger partial charge in [-0.25, -0.2) is 0 Å². The summed E-state index contributed by atoms with van der Waals surface area (Å²) in [4.78, 5) is 57.0. The number of alkyl halides is 3. The molecule has 4 amide bonds. The fraction of sp³-hybridized carbons (Fsp3) is 0.375. The molecule has 250 valence electrons. The molecular weight excluding hydrogens is 633 g/mol. The summed E-state index contributed by atoms with van der Waals surface area (Å²) in [5.74, 6) is -2.27. The second-order valence-electron chi connectivity index (χ2n) is 12.3. The lowest BCUT2D eigenvalue weighted by Crippen LogP contribution is -2.55. The number of hydrogen-bond donors (Lipinski definition) is 3. The van der Waals surface area contributed by atoms with Gasteiger partial charge in [-0.15, -0.1) is 0 Å². The number of nitrogens with zero attached hydrogens (tertiary/aromatic N) is 6. The normalized spacial score (nSPS) is 20.0. The Kier molecular flexibility index (Phi) is 8.11. The molecule has 3 aromatic rings. The lowest BCUT2D eigenvalue weighted by Gasteiger charge is -2.36. The van der Waals surface area contributed by atoms with E-state index < -0.39 is 58.7 Å². The van der Waals surface area contributed by atoms with Crippen LogP contribution in [-0.2, 0) is 21.3 Å². The smallest absolute Gasteiger partial charge is 0.374 e. The molecule has 0 aliphatic carbocycles. The molecule has 4 heterocycles. The van der Waals surface area contributed by atoms with Crippen LogP contribution in [0.4, 0.5) is 30.2 Å². The SMILES string of the molecule is CC(C)(C(=O)Nc1ccc(C#N)c(C(F)(F)F)c1)n1cc(N2CCN(c3ccc4c(c3)C(=O)N(C3CCC(O)NC3=O)C4=O)CC2)cn1. The lowest BCUT2D eigenvalue weighted by atomic mass is 10.0. The van der Waals surface area contributed by atoms with E-state index in [1.807, 2.05) is 0 Å². The number of benzene rings is 2. The minimum atomic E-state index is -4.76. The van der Waals surface area contributed by atoms with Crippen molar-refractivity contribution in [3.63, 3.8) is 0 Å². The third kappa shape index (κ3) is 5.81. The van der Waals surface area contributed by atoms with E-state index in [-0.39, 0.29) is 29.7 Å². The van der Waals surface area contributed by atoms with Gasteiger partial charge < -0.3 is 25.5 Å². The summed E-state index contributed by atoms with van der Waals surface area (Å²) in [7, 11) is 0. The van der Waals surface area contributed by atoms with Crippen LogP contribution in [0.15, 0.2) is 48.8 Å². The van der Waals surface area contributed by atoms with Crippen LogP contribution in [0.5, 0.6) is 0 Å². The van der Waals surface area contributed by atoms with Crippen molar-refractivity contribution < 1.29 is 37.5 Å². The Morgan fingerprint density at radius 2 is 1.65 bits per heavy atom. The zero-order valence-electron chi connectivity index (χ0n) is 25.9. The molecule has 0 bridgehead atoms. The number of halogens is 3. The van der Waals surface area contributed by atoms with Crippen molar-refractivity contribution >= 4 is 40.7 Å². The van der Waals surface area contributed by atoms with Crippen molar-refractivity contribution in [3.05, 3.63) is 71.0 Å². The van der Waals surface area contributed by atoms with E-state index in [0.29, 0.717) is 26.2 Å². The van der Waals surface area contributed by atoms with Gasteiger partial charge in [-0.3, -0.25) is 28.8 Å². The summed E-state index contributed by atoms with van der Waals surface area (Å²) >= 11 is 0. The number of carbonyl (C=O) groups excluding carboxylic acids is 4. The zero-order valence-corrected chi connectivity index (χ0v) is 25.9. The monoisotopic (exact) mass is 664 g/mol. The number of carbonyl (C=O) groups is 4. The fourth-order valence-electron chi connectivity index (χ4n) is 6.10. The molecule has 0 radical (unpaired) electrons. The summed E-state index contributed by atoms with van der Waals surface area (Å²) in [6.07, 6.45) is -2.08. The van der Waals surface area contributed by atoms with Crippen molar-refractivity contribution in [3.8, 4) is 6.07 Å². The number of nitrogens with one attached hydrogen (secondary N) is 2. The van der Waals surface area contributed by atoms with E-state index in [0.717, 1.165) is 28.4 Å². The first-order valence-corrected chi connectivity index (χ1v) is 15.2. The highest BCUT2D eigenvalue weighted by Gasteiger charge is 2.45. The van der Waals surface area contributed by atoms with Crippen LogP contribution >= 0.6 is 0 Å². The third-order valence-electron chi connectivity index (χ3n) is 8.95. The predicted octanol–water partition coefficient (Wildman–Crippen LogP) is 2.67. The standard InChI is InChI=1S/C32H31F3N8O5/c1-31(2,30(48)38-19-4-3-18(15-36)24(13-19)32(33,34)35)42-17-21(16-37-42)41-11-9-40(10-12-41)20-5-6-22-23(14-20)29(47)43(28(22)46)25-7-8-26(44)39-27(25)45/h3-6,13-14,16-17,25-26,44H,7-12H2,1-2H3,(H,38,48)(H,39,45). The third-order valence-corrected chi connectivity index (χ3v) is 8.95. The molecule has 3 aliphatic rings. The average Bonchev–Trinajstić information content (AvgIpc) is 3.65. The van der Waals surface area contributed by atoms with Crippen molar-refractivity contribution in [1.29, 1.82) is 5.26 Å². The van der Waals surface area contributed by atoms with Gasteiger partial charge in [0.25, 0.3) is 17.7 Å². The van der Waals surface area contributed by atoms with E-state index in [1.165, 1.54) is 16.8 Å². The second kappa shape index (κ2) is 12.0. The molecule has 0 saturated carbocycles. The number of nitriles is 1. The van der Waals surface area contributed by atoms with Crippen LogP contribution in [0, 0.1) is 11.3 Å². The van der Waals surface area contributed by atoms with Gasteiger partial charge in [0.15, 0.2) is 0 Å². The molecule has 2 unspecified atom stereocenters. The van der Waals surface area contributed by atoms with E-state index in [9.17, 15) is 37.5 Å². The molecule has 3 aliphatic heterocycles. The Balaban J connectivity index is 1.10. The second-order valence-corrected chi connectivity index (χ2v) is 12.3. The topological polar surface area (TPSA) is 164 Å². The number of anilines is 3. The first-order chi connectivity index (χ1) is 22.7. The molecule has 13 nitrogen and oxygen atoms in total. The van der Waals surface area contributed by atoms with E-state index in [1.54, 1.807) is 44.4 Å². The lowest BCUT2D eigenvalue weighted by molar-refractivity contribution is -0.137. The van der Waals surface area contributed by atoms with Gasteiger partial charge in [-0.2, -0.15) is 23.5 Å². The summed E-state index contributed by atoms with van der Waals surface area (Å²) < 4.78 is 41.6. The number of piperidine rings is 1. The number of imide groups is 1. The molecule has 0 spiro atoms. The van der Waals surface area contributed by atoms with Crippen LogP contribution in [0.25, 0.3) is 0 Å². The Bertz CT molecular complexity index is 1860. The summed E-state index contributed by atoms with van der Waals surface area (Å²) in [5.41, 5.74) is -1.16. The largest absolute Gasteiger partial charge is 0.417 e. The molecule has 48 heavy (non-hydrogen) atoms. The fourth-order valence-corrected chi connectivity index (χ4v) is 6.10. The van der Waals surface area contributed by atoms with Gasteiger partial charge in [0.05, 0.1) is 40.2 Å². The van der Waals surface area contributed by atoms with Gasteiger partial charge in [-0.05, 0) is 63.1 Å². The minimum absolute atomic E-state index is 0.104. The molecule has 6 rings (SSSR count). The van der Waals surface area contributed by atoms with Crippen molar-refractivity contribution in [2.24, 2.45) is 0 Å². The van der Waals surface area contributed by atoms with E-state index in [2.05, 4.69) is 25.5 Å². The minimum Gasteiger partial charge on any atom is -0.374 e. The van der Waals surface area contributed by atoms with Crippen LogP contribution in [0.3, 0.4) is 0 Å². The number of aliphatic hydroxyl groups is 1. The van der Waals surface area contributed by atoms with Gasteiger partial charge in [0.2, 0.25) is 5.91 Å². The number of aromatic nitrogens is 2. The maximum atomic E-state index is 13.4. The molecule has 16 heteroatoms. The van der Waals surface area contributed by atoms with Gasteiger partial charge in [0, 0.05) is 43.8 Å². The van der Waals surface area contributed by atoms with Crippen LogP contribution in [0.1, 0.15) is 58.5 Å². The van der Waals surface area contributed by atoms with Crippen LogP contribution in [0.2, 0.25) is 0 Å². The molecule has 2 fully saturated rings. The van der Waals surface area contributed by atoms with Crippen molar-refractivity contribution in [2.45, 2.75) is 50.7 Å². The molecule has 2 aromatic carbocycles. The van der Waals surface area contributed by atoms with Gasteiger partial charge in [-0.1, -0.05) is 0 Å². The molecule has 1 aromatic heterocycles. The zero-order chi connectivity index (χ0) is 34.5. The van der Waals surface area contributed by atoms with Crippen molar-refractivity contribution in [1.82, 2.24) is 20.0 Å². The highest BCUT2D eigenvalue weighted by atomic mass is 19.4. The van der Waals surface area contributed by atoms with E-state index in [4.69, 9.17) is 5.26 Å². The number of piperazine rings is 1. The summed E-state index contributed by atoms with van der Waals surface area (Å²) in [5, 5.41) is 27.9. The number of fused-ring (bicyclic) bond motifs is 1. The quantitative estimate of drug-likeness (QED) is 0.336. The highest BCUT2D eigenvalue weighted by molar-refractivity contribution is 6.23. The van der Waals surface area contributed by atoms with Crippen LogP contribution < -0.4 is 20.4 Å². The number of hydrogen-bond acceptors (Lipinski definition) is 9. The number of rotatable bonds is 6. The van der Waals surface area contributed by atoms with Gasteiger partial charge in [0.1, 0.15) is 17.8 Å². The predicted molar refractivity (Wildman–Crippen MR) is 165 cm³/mol. The average molecular weight is 665 g/mol. The molecular formula is C32H31F3N8O5. The maximum Gasteiger partial charge on any atom is 0.417 e. The Morgan fingerprint density at radius 1 is 0.979 bits per heavy atom. The Hall–Kier alpha value is -5.43. The van der Waals surface area contributed by atoms with E-state index >= 15 is 0 Å². The van der Waals surface area contributed by atoms with Gasteiger partial charge >= 0.3 is 6.18 Å². The highest BCUT2D eigenvalue weighted by Crippen LogP contribution is 2.35. The number of amides is 4. The summed E-state index contributed by atoms with van der Waals surface area (Å²) in [6, 6.07) is 8.52. The molecule has 2 saturated heterocycles.